The maximum atomic E-state index is 11.8. The highest BCUT2D eigenvalue weighted by Gasteiger charge is 2.30. The lowest BCUT2D eigenvalue weighted by Crippen LogP contribution is -2.37. The molecule has 0 atom stereocenters. The molecular weight excluding hydrogens is 352 g/mol. The van der Waals surface area contributed by atoms with Crippen molar-refractivity contribution in [3.63, 3.8) is 0 Å². The highest BCUT2D eigenvalue weighted by Crippen LogP contribution is 2.18. The Balaban J connectivity index is 3.91. The molecule has 0 heterocycles. The fraction of sp³-hybridized carbons (Fsp3) is 0.900. The van der Waals surface area contributed by atoms with Crippen molar-refractivity contribution in [3.8, 4) is 0 Å². The first-order valence-corrected chi connectivity index (χ1v) is 10.3. The Morgan fingerprint density at radius 2 is 1.26 bits per heavy atom. The third-order valence-corrected chi connectivity index (χ3v) is 4.03. The van der Waals surface area contributed by atoms with Gasteiger partial charge >= 0.3 is 17.9 Å². The molecule has 0 aromatic heterocycles. The van der Waals surface area contributed by atoms with Crippen LogP contribution < -0.4 is 0 Å². The first kappa shape index (κ1) is 25.8. The average Bonchev–Trinajstić information content (AvgIpc) is 2.62. The summed E-state index contributed by atoms with van der Waals surface area (Å²) in [6.45, 7) is 6.68. The number of ether oxygens (including phenoxy) is 2. The Morgan fingerprint density at radius 3 is 1.74 bits per heavy atom. The molecule has 0 aromatic rings. The van der Waals surface area contributed by atoms with Crippen LogP contribution in [0.25, 0.3) is 0 Å². The molecule has 0 unspecified atom stereocenters. The fourth-order valence-electron chi connectivity index (χ4n) is 2.31. The van der Waals surface area contributed by atoms with Crippen LogP contribution >= 0.6 is 0 Å². The smallest absolute Gasteiger partial charge is 0.342 e. The summed E-state index contributed by atoms with van der Waals surface area (Å²) in [6, 6.07) is 0. The summed E-state index contributed by atoms with van der Waals surface area (Å²) in [6.07, 6.45) is 9.40. The summed E-state index contributed by atoms with van der Waals surface area (Å²) in [5.41, 5.74) is 0. The van der Waals surface area contributed by atoms with E-state index in [9.17, 15) is 9.59 Å². The minimum atomic E-state index is -1.37. The van der Waals surface area contributed by atoms with E-state index in [4.69, 9.17) is 24.4 Å². The Morgan fingerprint density at radius 1 is 0.778 bits per heavy atom. The zero-order valence-electron chi connectivity index (χ0n) is 17.3. The highest BCUT2D eigenvalue weighted by molar-refractivity contribution is 5.68. The summed E-state index contributed by atoms with van der Waals surface area (Å²) in [4.78, 5) is 32.3. The maximum Gasteiger partial charge on any atom is 0.342 e. The Labute approximate surface area is 163 Å². The predicted octanol–water partition coefficient (Wildman–Crippen LogP) is 4.97. The molecule has 0 amide bonds. The first-order valence-electron chi connectivity index (χ1n) is 10.3. The van der Waals surface area contributed by atoms with Gasteiger partial charge in [0.2, 0.25) is 0 Å². The van der Waals surface area contributed by atoms with Crippen LogP contribution in [0.1, 0.15) is 97.8 Å². The molecule has 0 spiro atoms. The van der Waals surface area contributed by atoms with Crippen LogP contribution in [0.4, 0.5) is 0 Å². The molecule has 160 valence electrons. The van der Waals surface area contributed by atoms with E-state index in [0.717, 1.165) is 51.4 Å². The van der Waals surface area contributed by atoms with Crippen LogP contribution in [0, 0.1) is 0 Å². The summed E-state index contributed by atoms with van der Waals surface area (Å²) < 4.78 is 11.2. The van der Waals surface area contributed by atoms with E-state index in [2.05, 4.69) is 13.8 Å². The molecule has 0 rings (SSSR count). The van der Waals surface area contributed by atoms with Gasteiger partial charge in [0.05, 0.1) is 13.2 Å². The van der Waals surface area contributed by atoms with Gasteiger partial charge in [-0.15, -0.1) is 4.89 Å². The van der Waals surface area contributed by atoms with Crippen molar-refractivity contribution >= 4 is 11.9 Å². The number of carboxylic acid groups (broad SMARTS) is 1. The van der Waals surface area contributed by atoms with Gasteiger partial charge in [-0.2, -0.15) is 0 Å². The molecule has 0 aliphatic carbocycles. The number of hydrogen-bond acceptors (Lipinski definition) is 6. The molecule has 0 saturated heterocycles. The van der Waals surface area contributed by atoms with Crippen LogP contribution in [0.5, 0.6) is 0 Å². The van der Waals surface area contributed by atoms with Crippen LogP contribution in [0.15, 0.2) is 0 Å². The van der Waals surface area contributed by atoms with Gasteiger partial charge in [-0.25, -0.2) is 4.79 Å². The second-order valence-corrected chi connectivity index (χ2v) is 6.82. The topological polar surface area (TPSA) is 91.3 Å². The second kappa shape index (κ2) is 17.0. The van der Waals surface area contributed by atoms with Crippen molar-refractivity contribution in [2.24, 2.45) is 0 Å². The molecule has 0 aromatic carbocycles. The van der Waals surface area contributed by atoms with Crippen molar-refractivity contribution in [1.29, 1.82) is 0 Å². The van der Waals surface area contributed by atoms with Crippen molar-refractivity contribution in [3.05, 3.63) is 0 Å². The average molecular weight is 391 g/mol. The maximum absolute atomic E-state index is 11.8. The molecule has 27 heavy (non-hydrogen) atoms. The van der Waals surface area contributed by atoms with Gasteiger partial charge < -0.3 is 14.6 Å². The zero-order chi connectivity index (χ0) is 20.4. The summed E-state index contributed by atoms with van der Waals surface area (Å²) in [5, 5.41) is 8.56. The van der Waals surface area contributed by atoms with Crippen LogP contribution in [-0.4, -0.2) is 36.2 Å². The molecule has 0 saturated carbocycles. The number of carbonyl (C=O) groups excluding carboxylic acids is 1. The van der Waals surface area contributed by atoms with E-state index in [-0.39, 0.29) is 12.8 Å². The van der Waals surface area contributed by atoms with Gasteiger partial charge in [0.15, 0.2) is 0 Å². The standard InChI is InChI=1S/C20H38O7/c1-4-6-16-24-20(3,25-17-7-5-2)27-26-19(23)15-13-11-9-8-10-12-14-18(21)22/h4-17H2,1-3H3,(H,21,22). The molecule has 0 bridgehead atoms. The van der Waals surface area contributed by atoms with Crippen molar-refractivity contribution in [2.75, 3.05) is 13.2 Å². The summed E-state index contributed by atoms with van der Waals surface area (Å²) in [5.74, 6) is -2.56. The fourth-order valence-corrected chi connectivity index (χ4v) is 2.31. The Bertz CT molecular complexity index is 375. The molecule has 7 nitrogen and oxygen atoms in total. The van der Waals surface area contributed by atoms with Crippen LogP contribution in [0.2, 0.25) is 0 Å². The third kappa shape index (κ3) is 16.7. The van der Waals surface area contributed by atoms with Crippen molar-refractivity contribution < 1.29 is 33.9 Å². The van der Waals surface area contributed by atoms with Gasteiger partial charge in [-0.05, 0) is 25.7 Å². The second-order valence-electron chi connectivity index (χ2n) is 6.82. The van der Waals surface area contributed by atoms with Gasteiger partial charge in [0, 0.05) is 19.8 Å². The van der Waals surface area contributed by atoms with E-state index in [0.29, 0.717) is 26.1 Å². The SMILES string of the molecule is CCCCOC(C)(OCCCC)OOC(=O)CCCCCCCCC(=O)O. The van der Waals surface area contributed by atoms with E-state index in [1.807, 2.05) is 0 Å². The van der Waals surface area contributed by atoms with E-state index in [1.54, 1.807) is 6.92 Å². The van der Waals surface area contributed by atoms with Crippen molar-refractivity contribution in [1.82, 2.24) is 0 Å². The number of unbranched alkanes of at least 4 members (excludes halogenated alkanes) is 7. The van der Waals surface area contributed by atoms with Gasteiger partial charge in [-0.1, -0.05) is 52.4 Å². The largest absolute Gasteiger partial charge is 0.481 e. The lowest BCUT2D eigenvalue weighted by Gasteiger charge is -2.27. The molecule has 7 heteroatoms. The number of rotatable bonds is 19. The van der Waals surface area contributed by atoms with Gasteiger partial charge in [-0.3, -0.25) is 9.68 Å². The molecule has 0 radical (unpaired) electrons. The lowest BCUT2D eigenvalue weighted by molar-refractivity contribution is -0.481. The Kier molecular flexibility index (Phi) is 16.2. The molecule has 1 N–H and O–H groups in total. The summed E-state index contributed by atoms with van der Waals surface area (Å²) >= 11 is 0. The quantitative estimate of drug-likeness (QED) is 0.144. The van der Waals surface area contributed by atoms with Crippen LogP contribution in [-0.2, 0) is 28.8 Å². The Hall–Kier alpha value is -1.18. The highest BCUT2D eigenvalue weighted by atomic mass is 17.3. The molecule has 0 aliphatic rings. The normalized spacial score (nSPS) is 11.5. The van der Waals surface area contributed by atoms with Crippen LogP contribution in [0.3, 0.4) is 0 Å². The monoisotopic (exact) mass is 390 g/mol. The molecular formula is C20H38O7. The number of hydrogen-bond donors (Lipinski definition) is 1. The zero-order valence-corrected chi connectivity index (χ0v) is 17.3. The van der Waals surface area contributed by atoms with E-state index < -0.39 is 17.9 Å². The van der Waals surface area contributed by atoms with Crippen molar-refractivity contribution in [2.45, 2.75) is 104 Å². The predicted molar refractivity (Wildman–Crippen MR) is 102 cm³/mol. The molecule has 0 fully saturated rings. The third-order valence-electron chi connectivity index (χ3n) is 4.03. The van der Waals surface area contributed by atoms with Gasteiger partial charge in [0.25, 0.3) is 0 Å². The van der Waals surface area contributed by atoms with E-state index >= 15 is 0 Å². The van der Waals surface area contributed by atoms with E-state index in [1.165, 1.54) is 0 Å². The summed E-state index contributed by atoms with van der Waals surface area (Å²) in [7, 11) is 0. The number of carbonyl (C=O) groups is 2. The number of carboxylic acids is 1. The van der Waals surface area contributed by atoms with Gasteiger partial charge in [0.1, 0.15) is 0 Å². The first-order chi connectivity index (χ1) is 12.9. The minimum Gasteiger partial charge on any atom is -0.481 e. The molecule has 0 aliphatic heterocycles. The minimum absolute atomic E-state index is 0.225. The number of aliphatic carboxylic acids is 1. The lowest BCUT2D eigenvalue weighted by atomic mass is 10.1.